The van der Waals surface area contributed by atoms with Crippen LogP contribution in [0.15, 0.2) is 29.2 Å². The third-order valence-electron chi connectivity index (χ3n) is 5.35. The first-order valence-electron chi connectivity index (χ1n) is 9.36. The summed E-state index contributed by atoms with van der Waals surface area (Å²) in [4.78, 5) is 30.5. The molecule has 5 heteroatoms. The van der Waals surface area contributed by atoms with Gasteiger partial charge in [0.05, 0.1) is 0 Å². The number of carbonyl (C=O) groups excluding carboxylic acids is 2. The highest BCUT2D eigenvalue weighted by atomic mass is 32.2. The zero-order chi connectivity index (χ0) is 17.6. The molecule has 0 saturated carbocycles. The van der Waals surface area contributed by atoms with E-state index in [0.717, 1.165) is 64.0 Å². The lowest BCUT2D eigenvalue weighted by Gasteiger charge is -2.32. The number of carbonyl (C=O) groups is 2. The molecule has 0 aromatic heterocycles. The molecule has 1 aromatic carbocycles. The Hall–Kier alpha value is -1.33. The fourth-order valence-corrected chi connectivity index (χ4v) is 4.25. The SMILES string of the molecule is CSc1ccc(C(=O)C2CCCN(CCC(=O)N3CCCC3)C2)cc1. The van der Waals surface area contributed by atoms with Crippen molar-refractivity contribution in [3.63, 3.8) is 0 Å². The van der Waals surface area contributed by atoms with Crippen LogP contribution in [-0.4, -0.2) is 60.5 Å². The van der Waals surface area contributed by atoms with Gasteiger partial charge in [-0.3, -0.25) is 9.59 Å². The van der Waals surface area contributed by atoms with Crippen LogP contribution < -0.4 is 0 Å². The predicted octanol–water partition coefficient (Wildman–Crippen LogP) is 3.32. The second-order valence-corrected chi connectivity index (χ2v) is 7.95. The van der Waals surface area contributed by atoms with E-state index in [2.05, 4.69) is 4.90 Å². The monoisotopic (exact) mass is 360 g/mol. The van der Waals surface area contributed by atoms with Crippen molar-refractivity contribution < 1.29 is 9.59 Å². The van der Waals surface area contributed by atoms with Gasteiger partial charge < -0.3 is 9.80 Å². The number of likely N-dealkylation sites (tertiary alicyclic amines) is 2. The average molecular weight is 361 g/mol. The molecule has 2 aliphatic rings. The van der Waals surface area contributed by atoms with Crippen molar-refractivity contribution in [2.45, 2.75) is 37.0 Å². The highest BCUT2D eigenvalue weighted by molar-refractivity contribution is 7.98. The fraction of sp³-hybridized carbons (Fsp3) is 0.600. The molecule has 1 amide bonds. The minimum atomic E-state index is 0.0655. The summed E-state index contributed by atoms with van der Waals surface area (Å²) in [5.41, 5.74) is 0.817. The molecule has 0 bridgehead atoms. The molecule has 2 fully saturated rings. The Kier molecular flexibility index (Phi) is 6.54. The van der Waals surface area contributed by atoms with Gasteiger partial charge in [0.1, 0.15) is 0 Å². The van der Waals surface area contributed by atoms with E-state index in [1.54, 1.807) is 11.8 Å². The molecule has 3 rings (SSSR count). The van der Waals surface area contributed by atoms with Gasteiger partial charge in [-0.05, 0) is 50.6 Å². The maximum absolute atomic E-state index is 12.8. The Morgan fingerprint density at radius 1 is 1.08 bits per heavy atom. The number of amides is 1. The molecule has 4 nitrogen and oxygen atoms in total. The number of Topliss-reactive ketones (excluding diaryl/α,β-unsaturated/α-hetero) is 1. The minimum absolute atomic E-state index is 0.0655. The van der Waals surface area contributed by atoms with Crippen molar-refractivity contribution in [1.29, 1.82) is 0 Å². The quantitative estimate of drug-likeness (QED) is 0.576. The van der Waals surface area contributed by atoms with Crippen LogP contribution in [0, 0.1) is 5.92 Å². The van der Waals surface area contributed by atoms with E-state index < -0.39 is 0 Å². The Morgan fingerprint density at radius 2 is 1.80 bits per heavy atom. The predicted molar refractivity (Wildman–Crippen MR) is 102 cm³/mol. The van der Waals surface area contributed by atoms with Crippen molar-refractivity contribution in [1.82, 2.24) is 9.80 Å². The minimum Gasteiger partial charge on any atom is -0.343 e. The first kappa shape index (κ1) is 18.5. The van der Waals surface area contributed by atoms with Crippen LogP contribution in [0.3, 0.4) is 0 Å². The maximum Gasteiger partial charge on any atom is 0.223 e. The number of rotatable bonds is 6. The van der Waals surface area contributed by atoms with E-state index in [4.69, 9.17) is 0 Å². The van der Waals surface area contributed by atoms with Gasteiger partial charge in [-0.15, -0.1) is 11.8 Å². The van der Waals surface area contributed by atoms with Gasteiger partial charge in [0.15, 0.2) is 5.78 Å². The van der Waals surface area contributed by atoms with Crippen molar-refractivity contribution >= 4 is 23.5 Å². The van der Waals surface area contributed by atoms with Gasteiger partial charge in [0.25, 0.3) is 0 Å². The topological polar surface area (TPSA) is 40.6 Å². The van der Waals surface area contributed by atoms with Crippen molar-refractivity contribution in [3.8, 4) is 0 Å². The van der Waals surface area contributed by atoms with Crippen LogP contribution in [0.2, 0.25) is 0 Å². The highest BCUT2D eigenvalue weighted by Crippen LogP contribution is 2.23. The number of nitrogens with zero attached hydrogens (tertiary/aromatic N) is 2. The summed E-state index contributed by atoms with van der Waals surface area (Å²) in [6.07, 6.45) is 6.90. The molecular formula is C20H28N2O2S. The largest absolute Gasteiger partial charge is 0.343 e. The number of thioether (sulfide) groups is 1. The van der Waals surface area contributed by atoms with Gasteiger partial charge in [0, 0.05) is 49.0 Å². The molecule has 1 atom stereocenters. The van der Waals surface area contributed by atoms with Gasteiger partial charge in [-0.1, -0.05) is 12.1 Å². The Morgan fingerprint density at radius 3 is 2.48 bits per heavy atom. The van der Waals surface area contributed by atoms with Crippen molar-refractivity contribution in [2.24, 2.45) is 5.92 Å². The molecule has 136 valence electrons. The first-order valence-corrected chi connectivity index (χ1v) is 10.6. The number of hydrogen-bond acceptors (Lipinski definition) is 4. The number of piperidine rings is 1. The number of ketones is 1. The zero-order valence-electron chi connectivity index (χ0n) is 15.1. The Labute approximate surface area is 154 Å². The lowest BCUT2D eigenvalue weighted by Crippen LogP contribution is -2.41. The molecule has 2 aliphatic heterocycles. The summed E-state index contributed by atoms with van der Waals surface area (Å²) in [6.45, 7) is 4.42. The van der Waals surface area contributed by atoms with Crippen LogP contribution in [0.4, 0.5) is 0 Å². The molecule has 0 spiro atoms. The van der Waals surface area contributed by atoms with Gasteiger partial charge in [0.2, 0.25) is 5.91 Å². The molecule has 1 aromatic rings. The van der Waals surface area contributed by atoms with E-state index >= 15 is 0 Å². The van der Waals surface area contributed by atoms with E-state index in [9.17, 15) is 9.59 Å². The second kappa shape index (κ2) is 8.86. The fourth-order valence-electron chi connectivity index (χ4n) is 3.84. The molecule has 0 N–H and O–H groups in total. The average Bonchev–Trinajstić information content (AvgIpc) is 3.21. The normalized spacial score (nSPS) is 21.5. The second-order valence-electron chi connectivity index (χ2n) is 7.07. The van der Waals surface area contributed by atoms with E-state index in [1.807, 2.05) is 35.4 Å². The molecule has 25 heavy (non-hydrogen) atoms. The third kappa shape index (κ3) is 4.85. The molecule has 1 unspecified atom stereocenters. The van der Waals surface area contributed by atoms with E-state index in [0.29, 0.717) is 6.42 Å². The molecule has 0 radical (unpaired) electrons. The van der Waals surface area contributed by atoms with Crippen LogP contribution in [0.5, 0.6) is 0 Å². The van der Waals surface area contributed by atoms with E-state index in [-0.39, 0.29) is 17.6 Å². The number of hydrogen-bond donors (Lipinski definition) is 0. The molecule has 0 aliphatic carbocycles. The molecule has 2 heterocycles. The summed E-state index contributed by atoms with van der Waals surface area (Å²) >= 11 is 1.69. The summed E-state index contributed by atoms with van der Waals surface area (Å²) in [6, 6.07) is 7.94. The lowest BCUT2D eigenvalue weighted by molar-refractivity contribution is -0.130. The molecular weight excluding hydrogens is 332 g/mol. The number of benzene rings is 1. The van der Waals surface area contributed by atoms with Crippen LogP contribution in [-0.2, 0) is 4.79 Å². The zero-order valence-corrected chi connectivity index (χ0v) is 15.9. The smallest absolute Gasteiger partial charge is 0.223 e. The van der Waals surface area contributed by atoms with Gasteiger partial charge in [-0.25, -0.2) is 0 Å². The van der Waals surface area contributed by atoms with Gasteiger partial charge in [-0.2, -0.15) is 0 Å². The third-order valence-corrected chi connectivity index (χ3v) is 6.10. The molecule has 2 saturated heterocycles. The van der Waals surface area contributed by atoms with Crippen LogP contribution in [0.1, 0.15) is 42.5 Å². The summed E-state index contributed by atoms with van der Waals surface area (Å²) in [5.74, 6) is 0.595. The van der Waals surface area contributed by atoms with Crippen molar-refractivity contribution in [3.05, 3.63) is 29.8 Å². The van der Waals surface area contributed by atoms with Crippen molar-refractivity contribution in [2.75, 3.05) is 39.0 Å². The maximum atomic E-state index is 12.8. The highest BCUT2D eigenvalue weighted by Gasteiger charge is 2.27. The first-order chi connectivity index (χ1) is 12.2. The summed E-state index contributed by atoms with van der Waals surface area (Å²) in [7, 11) is 0. The Balaban J connectivity index is 1.51. The van der Waals surface area contributed by atoms with E-state index in [1.165, 1.54) is 4.90 Å². The van der Waals surface area contributed by atoms with Crippen LogP contribution in [0.25, 0.3) is 0 Å². The summed E-state index contributed by atoms with van der Waals surface area (Å²) in [5, 5.41) is 0. The summed E-state index contributed by atoms with van der Waals surface area (Å²) < 4.78 is 0. The van der Waals surface area contributed by atoms with Crippen LogP contribution >= 0.6 is 11.8 Å². The van der Waals surface area contributed by atoms with Gasteiger partial charge >= 0.3 is 0 Å². The standard InChI is InChI=1S/C20H28N2O2S/c1-25-18-8-6-16(7-9-18)20(24)17-5-4-11-21(15-17)14-10-19(23)22-12-2-3-13-22/h6-9,17H,2-5,10-15H2,1H3. The Bertz CT molecular complexity index is 596. The lowest BCUT2D eigenvalue weighted by atomic mass is 9.90.